The van der Waals surface area contributed by atoms with E-state index in [-0.39, 0.29) is 11.6 Å². The molecule has 136 valence electrons. The molecule has 3 nitrogen and oxygen atoms in total. The number of methoxy groups -OCH3 is 1. The van der Waals surface area contributed by atoms with Crippen LogP contribution >= 0.6 is 11.9 Å². The summed E-state index contributed by atoms with van der Waals surface area (Å²) >= 11 is 1.31. The van der Waals surface area contributed by atoms with Gasteiger partial charge >= 0.3 is 0 Å². The van der Waals surface area contributed by atoms with Gasteiger partial charge in [0.15, 0.2) is 0 Å². The van der Waals surface area contributed by atoms with Crippen molar-refractivity contribution in [3.05, 3.63) is 71.4 Å². The van der Waals surface area contributed by atoms with E-state index in [2.05, 4.69) is 5.32 Å². The Balaban J connectivity index is 2.16. The van der Waals surface area contributed by atoms with E-state index in [1.807, 2.05) is 36.3 Å². The quantitative estimate of drug-likeness (QED) is 0.656. The molecule has 6 heteroatoms. The molecule has 1 heterocycles. The van der Waals surface area contributed by atoms with Crippen LogP contribution in [0.15, 0.2) is 53.6 Å². The number of nitrogens with one attached hydrogen (secondary N) is 1. The molecule has 0 saturated carbocycles. The summed E-state index contributed by atoms with van der Waals surface area (Å²) in [5.41, 5.74) is 2.80. The first kappa shape index (κ1) is 18.5. The van der Waals surface area contributed by atoms with Gasteiger partial charge in [-0.1, -0.05) is 12.1 Å². The third-order valence-electron chi connectivity index (χ3n) is 3.95. The highest BCUT2D eigenvalue weighted by Crippen LogP contribution is 2.40. The van der Waals surface area contributed by atoms with Crippen molar-refractivity contribution >= 4 is 11.9 Å². The number of benzene rings is 2. The minimum atomic E-state index is -0.321. The van der Waals surface area contributed by atoms with E-state index in [1.54, 1.807) is 19.2 Å². The summed E-state index contributed by atoms with van der Waals surface area (Å²) in [5.74, 6) is -0.0304. The predicted octanol–water partition coefficient (Wildman–Crippen LogP) is 5.03. The lowest BCUT2D eigenvalue weighted by Crippen LogP contribution is -2.05. The Morgan fingerprint density at radius 3 is 2.62 bits per heavy atom. The average Bonchev–Trinajstić information content (AvgIpc) is 2.92. The summed E-state index contributed by atoms with van der Waals surface area (Å²) in [6, 6.07) is 11.4. The lowest BCUT2D eigenvalue weighted by molar-refractivity contribution is 0.411. The van der Waals surface area contributed by atoms with Gasteiger partial charge in [0.05, 0.1) is 7.11 Å². The van der Waals surface area contributed by atoms with E-state index in [0.29, 0.717) is 28.4 Å². The molecule has 0 atom stereocenters. The molecule has 1 N–H and O–H groups in total. The molecule has 2 aromatic carbocycles. The Bertz CT molecular complexity index is 924. The van der Waals surface area contributed by atoms with Gasteiger partial charge in [0, 0.05) is 28.8 Å². The second kappa shape index (κ2) is 7.93. The number of hydrogen-bond donors (Lipinski definition) is 1. The van der Waals surface area contributed by atoms with E-state index < -0.39 is 0 Å². The van der Waals surface area contributed by atoms with E-state index in [4.69, 9.17) is 4.74 Å². The standard InChI is InChI=1S/C20H20F2N2OS/c1-13-7-8-17(18(22)9-13)19-20(25-3)14(11-23-2)12-24(19)26-16-6-4-5-15(21)10-16/h4-10,12,23H,11H2,1-3H3. The Morgan fingerprint density at radius 1 is 1.15 bits per heavy atom. The number of rotatable bonds is 6. The number of ether oxygens (including phenoxy) is 1. The van der Waals surface area contributed by atoms with Crippen molar-refractivity contribution < 1.29 is 13.5 Å². The summed E-state index contributed by atoms with van der Waals surface area (Å²) in [4.78, 5) is 0.715. The van der Waals surface area contributed by atoms with Crippen LogP contribution in [0.2, 0.25) is 0 Å². The van der Waals surface area contributed by atoms with Gasteiger partial charge in [-0.2, -0.15) is 0 Å². The monoisotopic (exact) mass is 374 g/mol. The Labute approximate surface area is 156 Å². The van der Waals surface area contributed by atoms with Gasteiger partial charge < -0.3 is 10.1 Å². The lowest BCUT2D eigenvalue weighted by atomic mass is 10.1. The molecule has 0 bridgehead atoms. The fourth-order valence-electron chi connectivity index (χ4n) is 2.82. The van der Waals surface area contributed by atoms with E-state index in [0.717, 1.165) is 11.1 Å². The summed E-state index contributed by atoms with van der Waals surface area (Å²) in [7, 11) is 3.41. The van der Waals surface area contributed by atoms with Crippen LogP contribution in [0.25, 0.3) is 11.3 Å². The Hall–Kier alpha value is -2.31. The normalized spacial score (nSPS) is 11.0. The third-order valence-corrected chi connectivity index (χ3v) is 4.90. The molecule has 0 spiro atoms. The van der Waals surface area contributed by atoms with Crippen LogP contribution in [0, 0.1) is 18.6 Å². The van der Waals surface area contributed by atoms with Gasteiger partial charge in [0.2, 0.25) is 0 Å². The van der Waals surface area contributed by atoms with E-state index in [1.165, 1.54) is 30.1 Å². The van der Waals surface area contributed by atoms with Crippen molar-refractivity contribution in [2.75, 3.05) is 14.2 Å². The minimum absolute atomic E-state index is 0.312. The largest absolute Gasteiger partial charge is 0.494 e. The SMILES string of the molecule is CNCc1cn(Sc2cccc(F)c2)c(-c2ccc(C)cc2F)c1OC. The third kappa shape index (κ3) is 3.76. The molecule has 26 heavy (non-hydrogen) atoms. The van der Waals surface area contributed by atoms with Crippen molar-refractivity contribution in [1.82, 2.24) is 9.29 Å². The zero-order valence-electron chi connectivity index (χ0n) is 14.8. The number of halogens is 2. The van der Waals surface area contributed by atoms with Crippen LogP contribution in [0.3, 0.4) is 0 Å². The zero-order chi connectivity index (χ0) is 18.7. The fourth-order valence-corrected chi connectivity index (χ4v) is 3.81. The van der Waals surface area contributed by atoms with Crippen LogP contribution in [0.4, 0.5) is 8.78 Å². The predicted molar refractivity (Wildman–Crippen MR) is 102 cm³/mol. The molecule has 3 aromatic rings. The van der Waals surface area contributed by atoms with Gasteiger partial charge in [-0.15, -0.1) is 0 Å². The highest BCUT2D eigenvalue weighted by Gasteiger charge is 2.21. The number of aromatic nitrogens is 1. The maximum Gasteiger partial charge on any atom is 0.150 e. The van der Waals surface area contributed by atoms with Gasteiger partial charge in [-0.05, 0) is 61.8 Å². The first-order valence-electron chi connectivity index (χ1n) is 8.16. The summed E-state index contributed by atoms with van der Waals surface area (Å²) in [6.45, 7) is 2.41. The first-order chi connectivity index (χ1) is 12.5. The summed E-state index contributed by atoms with van der Waals surface area (Å²) in [5, 5.41) is 3.09. The number of hydrogen-bond acceptors (Lipinski definition) is 3. The van der Waals surface area contributed by atoms with Crippen molar-refractivity contribution in [3.63, 3.8) is 0 Å². The molecular weight excluding hydrogens is 354 g/mol. The van der Waals surface area contributed by atoms with Crippen molar-refractivity contribution in [2.45, 2.75) is 18.4 Å². The van der Waals surface area contributed by atoms with Crippen LogP contribution in [-0.2, 0) is 6.54 Å². The molecule has 0 unspecified atom stereocenters. The average molecular weight is 374 g/mol. The maximum atomic E-state index is 14.7. The van der Waals surface area contributed by atoms with Crippen molar-refractivity contribution in [1.29, 1.82) is 0 Å². The van der Waals surface area contributed by atoms with E-state index in [9.17, 15) is 8.78 Å². The Morgan fingerprint density at radius 2 is 1.96 bits per heavy atom. The molecule has 0 saturated heterocycles. The number of nitrogens with zero attached hydrogens (tertiary/aromatic N) is 1. The van der Waals surface area contributed by atoms with Gasteiger partial charge in [0.25, 0.3) is 0 Å². The highest BCUT2D eigenvalue weighted by atomic mass is 32.2. The van der Waals surface area contributed by atoms with Gasteiger partial charge in [-0.3, -0.25) is 3.97 Å². The fraction of sp³-hybridized carbons (Fsp3) is 0.200. The minimum Gasteiger partial charge on any atom is -0.494 e. The Kier molecular flexibility index (Phi) is 5.64. The van der Waals surface area contributed by atoms with Crippen LogP contribution in [0.1, 0.15) is 11.1 Å². The zero-order valence-corrected chi connectivity index (χ0v) is 15.7. The second-order valence-electron chi connectivity index (χ2n) is 5.92. The number of aryl methyl sites for hydroxylation is 1. The van der Waals surface area contributed by atoms with Gasteiger partial charge in [-0.25, -0.2) is 8.78 Å². The molecular formula is C20H20F2N2OS. The molecule has 0 aliphatic rings. The molecule has 0 aliphatic heterocycles. The van der Waals surface area contributed by atoms with Crippen LogP contribution in [-0.4, -0.2) is 18.1 Å². The lowest BCUT2D eigenvalue weighted by Gasteiger charge is -2.12. The molecule has 0 aliphatic carbocycles. The maximum absolute atomic E-state index is 14.7. The van der Waals surface area contributed by atoms with Crippen molar-refractivity contribution in [3.8, 4) is 17.0 Å². The molecule has 0 amide bonds. The molecule has 0 radical (unpaired) electrons. The summed E-state index contributed by atoms with van der Waals surface area (Å²) in [6.07, 6.45) is 1.89. The highest BCUT2D eigenvalue weighted by molar-refractivity contribution is 7.98. The topological polar surface area (TPSA) is 26.2 Å². The van der Waals surface area contributed by atoms with Crippen LogP contribution < -0.4 is 10.1 Å². The summed E-state index contributed by atoms with van der Waals surface area (Å²) < 4.78 is 35.7. The van der Waals surface area contributed by atoms with E-state index >= 15 is 0 Å². The second-order valence-corrected chi connectivity index (χ2v) is 6.97. The van der Waals surface area contributed by atoms with Crippen molar-refractivity contribution in [2.24, 2.45) is 0 Å². The van der Waals surface area contributed by atoms with Gasteiger partial charge in [0.1, 0.15) is 23.1 Å². The smallest absolute Gasteiger partial charge is 0.150 e. The molecule has 3 rings (SSSR count). The molecule has 0 fully saturated rings. The van der Waals surface area contributed by atoms with Crippen LogP contribution in [0.5, 0.6) is 5.75 Å². The first-order valence-corrected chi connectivity index (χ1v) is 8.94. The molecule has 1 aromatic heterocycles.